The Labute approximate surface area is 113 Å². The van der Waals surface area contributed by atoms with Crippen LogP contribution in [-0.2, 0) is 0 Å². The number of hydrogen-bond donors (Lipinski definition) is 0. The van der Waals surface area contributed by atoms with Crippen molar-refractivity contribution in [3.05, 3.63) is 46.5 Å². The van der Waals surface area contributed by atoms with Crippen molar-refractivity contribution in [1.29, 1.82) is 0 Å². The van der Waals surface area contributed by atoms with Gasteiger partial charge in [-0.05, 0) is 12.5 Å². The molecule has 0 aromatic heterocycles. The Morgan fingerprint density at radius 1 is 1.05 bits per heavy atom. The lowest BCUT2D eigenvalue weighted by Gasteiger charge is -2.07. The van der Waals surface area contributed by atoms with Crippen LogP contribution in [0.5, 0.6) is 0 Å². The lowest BCUT2D eigenvalue weighted by Crippen LogP contribution is -2.14. The molecule has 100 valence electrons. The fourth-order valence-corrected chi connectivity index (χ4v) is 2.38. The number of fused-ring (bicyclic) bond motifs is 1. The molecular formula is C16H20NO2+. The van der Waals surface area contributed by atoms with Crippen LogP contribution in [0.15, 0.2) is 36.0 Å². The van der Waals surface area contributed by atoms with E-state index < -0.39 is 0 Å². The summed E-state index contributed by atoms with van der Waals surface area (Å²) in [6.45, 7) is 2.18. The summed E-state index contributed by atoms with van der Waals surface area (Å²) >= 11 is 0. The number of rotatable bonds is 6. The maximum atomic E-state index is 12.2. The Morgan fingerprint density at radius 2 is 1.79 bits per heavy atom. The Kier molecular flexibility index (Phi) is 4.61. The van der Waals surface area contributed by atoms with E-state index in [1.165, 1.54) is 25.3 Å². The molecule has 1 aliphatic heterocycles. The quantitative estimate of drug-likeness (QED) is 0.555. The molecule has 0 spiro atoms. The third-order valence-electron chi connectivity index (χ3n) is 3.48. The number of carbonyl (C=O) groups excluding carboxylic acids is 1. The number of unbranched alkanes of at least 4 members (excludes halogenated alkanes) is 4. The summed E-state index contributed by atoms with van der Waals surface area (Å²) in [6.07, 6.45) is 7.93. The Morgan fingerprint density at radius 3 is 2.58 bits per heavy atom. The van der Waals surface area contributed by atoms with E-state index in [0.717, 1.165) is 17.6 Å². The van der Waals surface area contributed by atoms with Crippen LogP contribution >= 0.6 is 0 Å². The molecule has 0 atom stereocenters. The number of nitroso groups, excluding NO2 is 1. The molecule has 0 aliphatic carbocycles. The number of benzene rings is 1. The van der Waals surface area contributed by atoms with Crippen LogP contribution in [0.3, 0.4) is 0 Å². The summed E-state index contributed by atoms with van der Waals surface area (Å²) in [7, 11) is 0. The molecule has 0 N–H and O–H groups in total. The van der Waals surface area contributed by atoms with E-state index in [4.69, 9.17) is 0 Å². The number of ketones is 1. The van der Waals surface area contributed by atoms with Crippen molar-refractivity contribution in [2.45, 2.75) is 45.4 Å². The molecule has 3 nitrogen and oxygen atoms in total. The lowest BCUT2D eigenvalue weighted by molar-refractivity contribution is -0.411. The molecule has 0 saturated carbocycles. The highest BCUT2D eigenvalue weighted by atomic mass is 16.3. The van der Waals surface area contributed by atoms with Gasteiger partial charge >= 0.3 is 0 Å². The molecule has 0 radical (unpaired) electrons. The van der Waals surface area contributed by atoms with Crippen LogP contribution in [0.2, 0.25) is 0 Å². The number of allylic oxidation sites excluding steroid dienone is 2. The molecule has 1 aromatic rings. The predicted octanol–water partition coefficient (Wildman–Crippen LogP) is 4.54. The predicted molar refractivity (Wildman–Crippen MR) is 75.5 cm³/mol. The third kappa shape index (κ3) is 3.16. The van der Waals surface area contributed by atoms with Gasteiger partial charge in [-0.15, -0.1) is 0 Å². The van der Waals surface area contributed by atoms with E-state index in [9.17, 15) is 9.70 Å². The van der Waals surface area contributed by atoms with Gasteiger partial charge in [0.25, 0.3) is 5.69 Å². The van der Waals surface area contributed by atoms with Gasteiger partial charge in [0.15, 0.2) is 5.78 Å². The molecule has 3 heteroatoms. The van der Waals surface area contributed by atoms with Gasteiger partial charge in [0.1, 0.15) is 0 Å². The summed E-state index contributed by atoms with van der Waals surface area (Å²) in [4.78, 5) is 24.1. The van der Waals surface area contributed by atoms with E-state index in [1.54, 1.807) is 24.3 Å². The number of nitrogens with zero attached hydrogens (tertiary/aromatic N) is 1. The minimum atomic E-state index is -0.0498. The molecular weight excluding hydrogens is 238 g/mol. The van der Waals surface area contributed by atoms with Crippen LogP contribution in [0.25, 0.3) is 0 Å². The van der Waals surface area contributed by atoms with Gasteiger partial charge in [0.05, 0.1) is 16.4 Å². The number of para-hydroxylation sites is 1. The number of hydrogen-bond acceptors (Lipinski definition) is 2. The van der Waals surface area contributed by atoms with E-state index in [-0.39, 0.29) is 5.78 Å². The largest absolute Gasteiger partial charge is 0.289 e. The van der Waals surface area contributed by atoms with Crippen LogP contribution in [-0.4, -0.2) is 10.5 Å². The second-order valence-electron chi connectivity index (χ2n) is 4.98. The summed E-state index contributed by atoms with van der Waals surface area (Å²) in [5.74, 6) is -0.0498. The highest BCUT2D eigenvalue weighted by Crippen LogP contribution is 2.29. The van der Waals surface area contributed by atoms with Crippen molar-refractivity contribution in [3.63, 3.8) is 0 Å². The minimum Gasteiger partial charge on any atom is -0.289 e. The highest BCUT2D eigenvalue weighted by molar-refractivity contribution is 6.08. The molecule has 0 fully saturated rings. The van der Waals surface area contributed by atoms with E-state index >= 15 is 0 Å². The van der Waals surface area contributed by atoms with Crippen molar-refractivity contribution in [3.8, 4) is 0 Å². The zero-order chi connectivity index (χ0) is 13.7. The first-order valence-electron chi connectivity index (χ1n) is 7.05. The van der Waals surface area contributed by atoms with E-state index in [0.29, 0.717) is 23.4 Å². The first-order chi connectivity index (χ1) is 9.24. The van der Waals surface area contributed by atoms with Gasteiger partial charge < -0.3 is 0 Å². The van der Waals surface area contributed by atoms with Crippen molar-refractivity contribution in [2.24, 2.45) is 0 Å². The second kappa shape index (κ2) is 6.41. The van der Waals surface area contributed by atoms with E-state index in [1.807, 2.05) is 0 Å². The molecule has 1 aromatic carbocycles. The van der Waals surface area contributed by atoms with Gasteiger partial charge in [-0.3, -0.25) is 4.79 Å². The standard InChI is InChI=1S/C16H20NO2/c1-2-3-4-5-6-9-13-12-16(18)14-10-7-8-11-15(14)17(13)19/h7-8,10-12H,2-6,9H2,1H3/q+1. The van der Waals surface area contributed by atoms with Gasteiger partial charge in [-0.25, -0.2) is 0 Å². The van der Waals surface area contributed by atoms with E-state index in [2.05, 4.69) is 6.92 Å². The first kappa shape index (κ1) is 13.7. The minimum absolute atomic E-state index is 0.0498. The average molecular weight is 258 g/mol. The monoisotopic (exact) mass is 258 g/mol. The summed E-state index contributed by atoms with van der Waals surface area (Å²) in [6, 6.07) is 7.00. The molecule has 0 unspecified atom stereocenters. The summed E-state index contributed by atoms with van der Waals surface area (Å²) < 4.78 is 0.913. The zero-order valence-electron chi connectivity index (χ0n) is 11.4. The molecule has 19 heavy (non-hydrogen) atoms. The van der Waals surface area contributed by atoms with Gasteiger partial charge in [0.2, 0.25) is 5.70 Å². The second-order valence-corrected chi connectivity index (χ2v) is 4.98. The van der Waals surface area contributed by atoms with Crippen molar-refractivity contribution >= 4 is 11.5 Å². The average Bonchev–Trinajstić information content (AvgIpc) is 2.44. The van der Waals surface area contributed by atoms with Crippen LogP contribution < -0.4 is 0 Å². The fourth-order valence-electron chi connectivity index (χ4n) is 2.38. The molecule has 1 heterocycles. The van der Waals surface area contributed by atoms with Crippen molar-refractivity contribution < 1.29 is 9.55 Å². The maximum absolute atomic E-state index is 12.2. The smallest absolute Gasteiger partial charge is 0.274 e. The highest BCUT2D eigenvalue weighted by Gasteiger charge is 2.32. The van der Waals surface area contributed by atoms with Crippen LogP contribution in [0, 0.1) is 4.91 Å². The van der Waals surface area contributed by atoms with Gasteiger partial charge in [-0.1, -0.05) is 44.7 Å². The van der Waals surface area contributed by atoms with Crippen molar-refractivity contribution in [2.75, 3.05) is 0 Å². The maximum Gasteiger partial charge on any atom is 0.274 e. The zero-order valence-corrected chi connectivity index (χ0v) is 11.4. The SMILES string of the molecule is CCCCCCCC1=CC(=O)c2ccccc2[N+]1=O. The topological polar surface area (TPSA) is 37.1 Å². The Balaban J connectivity index is 2.00. The lowest BCUT2D eigenvalue weighted by atomic mass is 10.0. The Hall–Kier alpha value is -1.77. The number of carbonyl (C=O) groups is 1. The van der Waals surface area contributed by atoms with Crippen molar-refractivity contribution in [1.82, 2.24) is 0 Å². The van der Waals surface area contributed by atoms with Crippen LogP contribution in [0.1, 0.15) is 55.8 Å². The molecule has 0 saturated heterocycles. The van der Waals surface area contributed by atoms with Gasteiger partial charge in [-0.2, -0.15) is 0 Å². The normalized spacial score (nSPS) is 14.3. The summed E-state index contributed by atoms with van der Waals surface area (Å²) in [5.41, 5.74) is 1.59. The molecule has 0 bridgehead atoms. The third-order valence-corrected chi connectivity index (χ3v) is 3.48. The first-order valence-corrected chi connectivity index (χ1v) is 7.05. The Bertz CT molecular complexity index is 517. The van der Waals surface area contributed by atoms with Crippen LogP contribution in [0.4, 0.5) is 5.69 Å². The molecule has 1 aliphatic rings. The molecule has 0 amide bonds. The molecule has 2 rings (SSSR count). The summed E-state index contributed by atoms with van der Waals surface area (Å²) in [5, 5.41) is 0. The van der Waals surface area contributed by atoms with Gasteiger partial charge in [0, 0.05) is 17.4 Å². The fraction of sp³-hybridized carbons (Fsp3) is 0.438.